The molecule has 8 nitrogen and oxygen atoms in total. The molecule has 0 aliphatic heterocycles. The smallest absolute Gasteiger partial charge is 0.348 e. The Morgan fingerprint density at radius 2 is 2.00 bits per heavy atom. The van der Waals surface area contributed by atoms with Crippen molar-refractivity contribution in [3.63, 3.8) is 0 Å². The molecular weight excluding hydrogens is 344 g/mol. The van der Waals surface area contributed by atoms with Gasteiger partial charge in [0.2, 0.25) is 10.0 Å². The van der Waals surface area contributed by atoms with E-state index in [-0.39, 0.29) is 13.2 Å². The molecule has 0 bridgehead atoms. The Balaban J connectivity index is 2.35. The van der Waals surface area contributed by atoms with Crippen molar-refractivity contribution in [1.29, 1.82) is 0 Å². The number of methoxy groups -OCH3 is 1. The molecule has 1 aromatic heterocycles. The molecule has 0 aliphatic rings. The number of carbonyl (C=O) groups excluding carboxylic acids is 2. The second kappa shape index (κ2) is 9.60. The van der Waals surface area contributed by atoms with E-state index >= 15 is 0 Å². The van der Waals surface area contributed by atoms with Gasteiger partial charge >= 0.3 is 5.97 Å². The summed E-state index contributed by atoms with van der Waals surface area (Å²) in [5, 5.41) is 2.53. The Morgan fingerprint density at radius 1 is 1.26 bits per heavy atom. The zero-order valence-electron chi connectivity index (χ0n) is 13.0. The SMILES string of the molecule is COCCNC(=O)COC(=O)c1ccc(CCNS(C)(=O)=O)s1. The number of sulfonamides is 1. The summed E-state index contributed by atoms with van der Waals surface area (Å²) in [7, 11) is -1.70. The molecule has 0 aliphatic carbocycles. The lowest BCUT2D eigenvalue weighted by Gasteiger charge is -2.05. The third-order valence-electron chi connectivity index (χ3n) is 2.56. The van der Waals surface area contributed by atoms with E-state index in [1.807, 2.05) is 0 Å². The topological polar surface area (TPSA) is 111 Å². The average Bonchev–Trinajstić information content (AvgIpc) is 2.92. The van der Waals surface area contributed by atoms with Crippen LogP contribution in [0.5, 0.6) is 0 Å². The second-order valence-corrected chi connectivity index (χ2v) is 7.60. The van der Waals surface area contributed by atoms with Crippen LogP contribution in [0.3, 0.4) is 0 Å². The van der Waals surface area contributed by atoms with Crippen LogP contribution < -0.4 is 10.0 Å². The minimum atomic E-state index is -3.22. The Kier molecular flexibility index (Phi) is 8.17. The first kappa shape index (κ1) is 19.6. The third-order valence-corrected chi connectivity index (χ3v) is 4.41. The van der Waals surface area contributed by atoms with Crippen molar-refractivity contribution < 1.29 is 27.5 Å². The van der Waals surface area contributed by atoms with E-state index in [0.717, 1.165) is 11.1 Å². The van der Waals surface area contributed by atoms with Gasteiger partial charge in [0.05, 0.1) is 12.9 Å². The Hall–Kier alpha value is -1.49. The summed E-state index contributed by atoms with van der Waals surface area (Å²) < 4.78 is 34.0. The lowest BCUT2D eigenvalue weighted by Crippen LogP contribution is -2.31. The fourth-order valence-corrected chi connectivity index (χ4v) is 2.90. The summed E-state index contributed by atoms with van der Waals surface area (Å²) in [6.45, 7) is 0.639. The zero-order chi connectivity index (χ0) is 17.3. The molecule has 0 spiro atoms. The normalized spacial score (nSPS) is 11.2. The summed E-state index contributed by atoms with van der Waals surface area (Å²) >= 11 is 1.20. The first-order valence-electron chi connectivity index (χ1n) is 6.78. The Bertz CT molecular complexity index is 626. The van der Waals surface area contributed by atoms with E-state index in [0.29, 0.717) is 24.4 Å². The summed E-state index contributed by atoms with van der Waals surface area (Å²) in [6, 6.07) is 3.31. The van der Waals surface area contributed by atoms with Gasteiger partial charge in [-0.15, -0.1) is 11.3 Å². The van der Waals surface area contributed by atoms with E-state index in [9.17, 15) is 18.0 Å². The minimum Gasteiger partial charge on any atom is -0.451 e. The van der Waals surface area contributed by atoms with Crippen LogP contribution in [-0.4, -0.2) is 60.0 Å². The maximum Gasteiger partial charge on any atom is 0.348 e. The molecule has 1 amide bonds. The van der Waals surface area contributed by atoms with Crippen LogP contribution in [0.2, 0.25) is 0 Å². The molecule has 0 saturated carbocycles. The largest absolute Gasteiger partial charge is 0.451 e. The van der Waals surface area contributed by atoms with Crippen molar-refractivity contribution in [2.45, 2.75) is 6.42 Å². The predicted molar refractivity (Wildman–Crippen MR) is 86.0 cm³/mol. The van der Waals surface area contributed by atoms with Crippen molar-refractivity contribution in [3.05, 3.63) is 21.9 Å². The maximum atomic E-state index is 11.8. The molecule has 10 heteroatoms. The molecule has 0 fully saturated rings. The van der Waals surface area contributed by atoms with E-state index in [1.165, 1.54) is 18.4 Å². The van der Waals surface area contributed by atoms with Crippen LogP contribution in [0.1, 0.15) is 14.5 Å². The highest BCUT2D eigenvalue weighted by Crippen LogP contribution is 2.17. The molecule has 23 heavy (non-hydrogen) atoms. The number of carbonyl (C=O) groups is 2. The average molecular weight is 364 g/mol. The predicted octanol–water partition coefficient (Wildman–Crippen LogP) is -0.241. The van der Waals surface area contributed by atoms with Crippen molar-refractivity contribution in [1.82, 2.24) is 10.0 Å². The molecule has 0 atom stereocenters. The maximum absolute atomic E-state index is 11.8. The Morgan fingerprint density at radius 3 is 2.65 bits per heavy atom. The third kappa shape index (κ3) is 8.65. The van der Waals surface area contributed by atoms with Gasteiger partial charge in [0.1, 0.15) is 4.88 Å². The highest BCUT2D eigenvalue weighted by Gasteiger charge is 2.13. The van der Waals surface area contributed by atoms with E-state index in [2.05, 4.69) is 10.0 Å². The van der Waals surface area contributed by atoms with Gasteiger partial charge in [-0.2, -0.15) is 0 Å². The summed E-state index contributed by atoms with van der Waals surface area (Å²) in [5.74, 6) is -0.983. The van der Waals surface area contributed by atoms with Crippen LogP contribution in [0.4, 0.5) is 0 Å². The van der Waals surface area contributed by atoms with Gasteiger partial charge in [-0.25, -0.2) is 17.9 Å². The first-order chi connectivity index (χ1) is 10.8. The van der Waals surface area contributed by atoms with Crippen LogP contribution in [0.25, 0.3) is 0 Å². The quantitative estimate of drug-likeness (QED) is 0.438. The van der Waals surface area contributed by atoms with Gasteiger partial charge in [0, 0.05) is 25.1 Å². The molecule has 2 N–H and O–H groups in total. The molecule has 0 aromatic carbocycles. The highest BCUT2D eigenvalue weighted by atomic mass is 32.2. The standard InChI is InChI=1S/C13H20N2O6S2/c1-20-8-7-14-12(16)9-21-13(17)11-4-3-10(22-11)5-6-15-23(2,18)19/h3-4,15H,5-9H2,1-2H3,(H,14,16). The summed E-state index contributed by atoms with van der Waals surface area (Å²) in [6.07, 6.45) is 1.56. The highest BCUT2D eigenvalue weighted by molar-refractivity contribution is 7.88. The lowest BCUT2D eigenvalue weighted by atomic mass is 10.3. The monoisotopic (exact) mass is 364 g/mol. The molecular formula is C13H20N2O6S2. The van der Waals surface area contributed by atoms with Gasteiger partial charge in [-0.1, -0.05) is 0 Å². The van der Waals surface area contributed by atoms with Crippen LogP contribution in [0.15, 0.2) is 12.1 Å². The van der Waals surface area contributed by atoms with Gasteiger partial charge < -0.3 is 14.8 Å². The lowest BCUT2D eigenvalue weighted by molar-refractivity contribution is -0.124. The van der Waals surface area contributed by atoms with Crippen molar-refractivity contribution in [2.24, 2.45) is 0 Å². The Labute approximate surface area is 139 Å². The van der Waals surface area contributed by atoms with Crippen molar-refractivity contribution in [3.8, 4) is 0 Å². The van der Waals surface area contributed by atoms with Crippen molar-refractivity contribution >= 4 is 33.2 Å². The van der Waals surface area contributed by atoms with Gasteiger partial charge in [0.15, 0.2) is 6.61 Å². The van der Waals surface area contributed by atoms with Crippen LogP contribution in [0, 0.1) is 0 Å². The zero-order valence-corrected chi connectivity index (χ0v) is 14.6. The summed E-state index contributed by atoms with van der Waals surface area (Å²) in [4.78, 5) is 24.4. The fraction of sp³-hybridized carbons (Fsp3) is 0.538. The molecule has 1 rings (SSSR count). The van der Waals surface area contributed by atoms with E-state index < -0.39 is 21.9 Å². The number of hydrogen-bond donors (Lipinski definition) is 2. The molecule has 1 heterocycles. The van der Waals surface area contributed by atoms with Gasteiger partial charge in [-0.3, -0.25) is 4.79 Å². The molecule has 0 radical (unpaired) electrons. The minimum absolute atomic E-state index is 0.260. The number of rotatable bonds is 10. The summed E-state index contributed by atoms with van der Waals surface area (Å²) in [5.41, 5.74) is 0. The number of hydrogen-bond acceptors (Lipinski definition) is 7. The number of amides is 1. The molecule has 0 saturated heterocycles. The number of ether oxygens (including phenoxy) is 2. The van der Waals surface area contributed by atoms with Gasteiger partial charge in [0.25, 0.3) is 5.91 Å². The molecule has 1 aromatic rings. The van der Waals surface area contributed by atoms with Crippen LogP contribution in [-0.2, 0) is 30.7 Å². The first-order valence-corrected chi connectivity index (χ1v) is 9.48. The second-order valence-electron chi connectivity index (χ2n) is 4.60. The molecule has 0 unspecified atom stereocenters. The van der Waals surface area contributed by atoms with Crippen LogP contribution >= 0.6 is 11.3 Å². The van der Waals surface area contributed by atoms with Gasteiger partial charge in [-0.05, 0) is 18.6 Å². The van der Waals surface area contributed by atoms with E-state index in [1.54, 1.807) is 12.1 Å². The number of esters is 1. The van der Waals surface area contributed by atoms with Crippen molar-refractivity contribution in [2.75, 3.05) is 39.7 Å². The number of thiophene rings is 1. The van der Waals surface area contributed by atoms with E-state index in [4.69, 9.17) is 9.47 Å². The number of nitrogens with one attached hydrogen (secondary N) is 2. The fourth-order valence-electron chi connectivity index (χ4n) is 1.53. The molecule has 130 valence electrons.